The molecule has 2 aromatic rings. The number of carbonyl (C=O) groups is 2. The Morgan fingerprint density at radius 1 is 1.16 bits per heavy atom. The average Bonchev–Trinajstić information content (AvgIpc) is 3.08. The summed E-state index contributed by atoms with van der Waals surface area (Å²) in [7, 11) is 0. The smallest absolute Gasteiger partial charge is 0.294 e. The molecule has 25 heavy (non-hydrogen) atoms. The Morgan fingerprint density at radius 2 is 1.80 bits per heavy atom. The fourth-order valence-corrected chi connectivity index (χ4v) is 3.31. The van der Waals surface area contributed by atoms with Crippen LogP contribution in [0.4, 0.5) is 5.69 Å². The summed E-state index contributed by atoms with van der Waals surface area (Å²) in [6.07, 6.45) is 0.198. The van der Waals surface area contributed by atoms with Gasteiger partial charge in [0.1, 0.15) is 17.6 Å². The molecular weight excluding hydrogens is 318 g/mol. The van der Waals surface area contributed by atoms with Crippen LogP contribution in [0.1, 0.15) is 42.0 Å². The number of rotatable bonds is 4. The van der Waals surface area contributed by atoms with Crippen LogP contribution in [0, 0.1) is 20.8 Å². The largest absolute Gasteiger partial charge is 0.503 e. The number of ketones is 1. The van der Waals surface area contributed by atoms with E-state index in [0.29, 0.717) is 17.2 Å². The van der Waals surface area contributed by atoms with Crippen molar-refractivity contribution in [2.24, 2.45) is 0 Å². The maximum Gasteiger partial charge on any atom is 0.294 e. The number of hydrogen-bond acceptors (Lipinski definition) is 4. The predicted octanol–water partition coefficient (Wildman–Crippen LogP) is 4.08. The molecule has 0 saturated heterocycles. The monoisotopic (exact) mass is 339 g/mol. The number of amides is 1. The second-order valence-electron chi connectivity index (χ2n) is 6.41. The normalized spacial score (nSPS) is 17.5. The molecule has 1 aromatic carbocycles. The van der Waals surface area contributed by atoms with Crippen LogP contribution in [0.15, 0.2) is 46.1 Å². The molecule has 130 valence electrons. The lowest BCUT2D eigenvalue weighted by molar-refractivity contribution is -0.118. The topological polar surface area (TPSA) is 70.8 Å². The summed E-state index contributed by atoms with van der Waals surface area (Å²) in [5, 5.41) is 10.4. The minimum absolute atomic E-state index is 0.0982. The number of furan rings is 1. The van der Waals surface area contributed by atoms with Gasteiger partial charge in [-0.05, 0) is 56.2 Å². The van der Waals surface area contributed by atoms with Crippen molar-refractivity contribution in [2.45, 2.75) is 40.2 Å². The number of aliphatic hydroxyl groups excluding tert-OH is 1. The van der Waals surface area contributed by atoms with Crippen molar-refractivity contribution in [3.05, 3.63) is 64.3 Å². The van der Waals surface area contributed by atoms with Gasteiger partial charge in [0.25, 0.3) is 5.91 Å². The molecule has 0 fully saturated rings. The highest BCUT2D eigenvalue weighted by Gasteiger charge is 2.45. The average molecular weight is 339 g/mol. The third kappa shape index (κ3) is 2.86. The van der Waals surface area contributed by atoms with Crippen molar-refractivity contribution >= 4 is 17.4 Å². The van der Waals surface area contributed by atoms with Gasteiger partial charge in [-0.1, -0.05) is 13.0 Å². The van der Waals surface area contributed by atoms with Crippen LogP contribution in [0.3, 0.4) is 0 Å². The van der Waals surface area contributed by atoms with E-state index < -0.39 is 17.7 Å². The van der Waals surface area contributed by atoms with E-state index in [-0.39, 0.29) is 17.8 Å². The van der Waals surface area contributed by atoms with E-state index in [9.17, 15) is 14.7 Å². The van der Waals surface area contributed by atoms with E-state index in [1.165, 1.54) is 4.90 Å². The summed E-state index contributed by atoms with van der Waals surface area (Å²) < 4.78 is 5.71. The molecule has 1 aromatic heterocycles. The van der Waals surface area contributed by atoms with Crippen molar-refractivity contribution in [3.8, 4) is 0 Å². The standard InChI is InChI=1S/C20H21NO4/c1-5-15(22)17-18(16-7-6-13(4)25-16)21(20(24)19(17)23)14-9-11(2)8-12(3)10-14/h6-10,18,23H,5H2,1-4H3. The van der Waals surface area contributed by atoms with Crippen LogP contribution in [-0.4, -0.2) is 16.8 Å². The SMILES string of the molecule is CCC(=O)C1=C(O)C(=O)N(c2cc(C)cc(C)c2)C1c1ccc(C)o1. The summed E-state index contributed by atoms with van der Waals surface area (Å²) in [5.41, 5.74) is 2.71. The van der Waals surface area contributed by atoms with Crippen LogP contribution >= 0.6 is 0 Å². The zero-order chi connectivity index (χ0) is 18.3. The molecule has 0 saturated carbocycles. The summed E-state index contributed by atoms with van der Waals surface area (Å²) in [6.45, 7) is 7.38. The lowest BCUT2D eigenvalue weighted by Gasteiger charge is -2.25. The highest BCUT2D eigenvalue weighted by molar-refractivity contribution is 6.16. The molecule has 0 aliphatic carbocycles. The molecule has 1 unspecified atom stereocenters. The van der Waals surface area contributed by atoms with Crippen LogP contribution in [-0.2, 0) is 9.59 Å². The van der Waals surface area contributed by atoms with Crippen molar-refractivity contribution in [1.29, 1.82) is 0 Å². The third-order valence-corrected chi connectivity index (χ3v) is 4.34. The zero-order valence-electron chi connectivity index (χ0n) is 14.8. The van der Waals surface area contributed by atoms with Gasteiger partial charge in [0.2, 0.25) is 0 Å². The van der Waals surface area contributed by atoms with Gasteiger partial charge in [-0.15, -0.1) is 0 Å². The zero-order valence-corrected chi connectivity index (χ0v) is 14.8. The quantitative estimate of drug-likeness (QED) is 0.911. The lowest BCUT2D eigenvalue weighted by Crippen LogP contribution is -2.30. The van der Waals surface area contributed by atoms with E-state index in [0.717, 1.165) is 11.1 Å². The fraction of sp³-hybridized carbons (Fsp3) is 0.300. The first-order valence-corrected chi connectivity index (χ1v) is 8.28. The summed E-state index contributed by atoms with van der Waals surface area (Å²) in [4.78, 5) is 26.6. The highest BCUT2D eigenvalue weighted by atomic mass is 16.3. The second kappa shape index (κ2) is 6.24. The van der Waals surface area contributed by atoms with Crippen LogP contribution in [0.5, 0.6) is 0 Å². The Labute approximate surface area is 146 Å². The van der Waals surface area contributed by atoms with Gasteiger partial charge in [0, 0.05) is 12.1 Å². The minimum atomic E-state index is -0.755. The van der Waals surface area contributed by atoms with Crippen molar-refractivity contribution in [3.63, 3.8) is 0 Å². The Hall–Kier alpha value is -2.82. The number of benzene rings is 1. The van der Waals surface area contributed by atoms with Crippen LogP contribution in [0.2, 0.25) is 0 Å². The van der Waals surface area contributed by atoms with Gasteiger partial charge in [-0.25, -0.2) is 0 Å². The number of Topliss-reactive ketones (excluding diaryl/α,β-unsaturated/α-hetero) is 1. The molecule has 3 rings (SSSR count). The molecule has 1 N–H and O–H groups in total. The molecule has 1 aliphatic heterocycles. The minimum Gasteiger partial charge on any atom is -0.503 e. The fourth-order valence-electron chi connectivity index (χ4n) is 3.31. The van der Waals surface area contributed by atoms with E-state index in [1.54, 1.807) is 26.0 Å². The van der Waals surface area contributed by atoms with Gasteiger partial charge < -0.3 is 9.52 Å². The number of anilines is 1. The van der Waals surface area contributed by atoms with Crippen LogP contribution < -0.4 is 4.90 Å². The van der Waals surface area contributed by atoms with Crippen molar-refractivity contribution < 1.29 is 19.1 Å². The Balaban J connectivity index is 2.20. The van der Waals surface area contributed by atoms with Crippen LogP contribution in [0.25, 0.3) is 0 Å². The molecule has 1 atom stereocenters. The molecule has 1 amide bonds. The number of aryl methyl sites for hydroxylation is 3. The number of aliphatic hydroxyl groups is 1. The maximum absolute atomic E-state index is 12.8. The number of hydrogen-bond donors (Lipinski definition) is 1. The first-order chi connectivity index (χ1) is 11.8. The summed E-state index contributed by atoms with van der Waals surface area (Å²) >= 11 is 0. The first kappa shape index (κ1) is 17.0. The van der Waals surface area contributed by atoms with E-state index in [2.05, 4.69) is 0 Å². The summed E-state index contributed by atoms with van der Waals surface area (Å²) in [6, 6.07) is 8.49. The number of nitrogens with zero attached hydrogens (tertiary/aromatic N) is 1. The van der Waals surface area contributed by atoms with Gasteiger partial charge in [0.15, 0.2) is 11.5 Å². The molecule has 5 heteroatoms. The number of carbonyl (C=O) groups excluding carboxylic acids is 2. The van der Waals surface area contributed by atoms with Crippen molar-refractivity contribution in [2.75, 3.05) is 4.90 Å². The van der Waals surface area contributed by atoms with Crippen molar-refractivity contribution in [1.82, 2.24) is 0 Å². The molecule has 5 nitrogen and oxygen atoms in total. The van der Waals surface area contributed by atoms with E-state index >= 15 is 0 Å². The van der Waals surface area contributed by atoms with Gasteiger partial charge in [0.05, 0.1) is 5.57 Å². The molecule has 2 heterocycles. The molecule has 0 radical (unpaired) electrons. The Bertz CT molecular complexity index is 871. The first-order valence-electron chi connectivity index (χ1n) is 8.28. The molecule has 0 spiro atoms. The Morgan fingerprint density at radius 3 is 2.32 bits per heavy atom. The highest BCUT2D eigenvalue weighted by Crippen LogP contribution is 2.42. The van der Waals surface area contributed by atoms with Gasteiger partial charge >= 0.3 is 0 Å². The summed E-state index contributed by atoms with van der Waals surface area (Å²) in [5.74, 6) is -0.203. The maximum atomic E-state index is 12.8. The molecule has 1 aliphatic rings. The van der Waals surface area contributed by atoms with E-state index in [1.807, 2.05) is 32.0 Å². The molecular formula is C20H21NO4. The molecule has 0 bridgehead atoms. The van der Waals surface area contributed by atoms with E-state index in [4.69, 9.17) is 4.42 Å². The van der Waals surface area contributed by atoms with Gasteiger partial charge in [-0.3, -0.25) is 14.5 Å². The Kier molecular flexibility index (Phi) is 4.25. The predicted molar refractivity (Wildman–Crippen MR) is 94.5 cm³/mol. The van der Waals surface area contributed by atoms with Gasteiger partial charge in [-0.2, -0.15) is 0 Å². The lowest BCUT2D eigenvalue weighted by atomic mass is 9.99. The second-order valence-corrected chi connectivity index (χ2v) is 6.41. The third-order valence-electron chi connectivity index (χ3n) is 4.34.